The topological polar surface area (TPSA) is 88.5 Å². The van der Waals surface area contributed by atoms with Gasteiger partial charge >= 0.3 is 0 Å². The largest absolute Gasteiger partial charge is 0.467 e. The molecule has 116 valence electrons. The van der Waals surface area contributed by atoms with Crippen molar-refractivity contribution in [3.63, 3.8) is 0 Å². The number of aromatic nitrogens is 2. The van der Waals surface area contributed by atoms with Crippen molar-refractivity contribution in [1.29, 1.82) is 0 Å². The number of nitrogens with zero attached hydrogens (tertiary/aromatic N) is 3. The molecule has 0 saturated heterocycles. The highest BCUT2D eigenvalue weighted by Gasteiger charge is 2.03. The van der Waals surface area contributed by atoms with E-state index in [-0.39, 0.29) is 24.0 Å². The summed E-state index contributed by atoms with van der Waals surface area (Å²) in [6.45, 7) is 3.19. The van der Waals surface area contributed by atoms with E-state index in [0.717, 1.165) is 31.1 Å². The summed E-state index contributed by atoms with van der Waals surface area (Å²) in [6.07, 6.45) is 3.30. The van der Waals surface area contributed by atoms with Crippen molar-refractivity contribution in [2.75, 3.05) is 13.6 Å². The summed E-state index contributed by atoms with van der Waals surface area (Å²) in [5, 5.41) is 10.1. The highest BCUT2D eigenvalue weighted by Crippen LogP contribution is 2.00. The Bertz CT molecular complexity index is 539. The number of aliphatic imine (C=N–C) groups is 1. The predicted octanol–water partition coefficient (Wildman–Crippen LogP) is 1.89. The number of halogens is 1. The minimum absolute atomic E-state index is 0. The van der Waals surface area contributed by atoms with Gasteiger partial charge in [-0.2, -0.15) is 4.98 Å². The fraction of sp³-hybridized carbons (Fsp3) is 0.462. The Kier molecular flexibility index (Phi) is 7.80. The van der Waals surface area contributed by atoms with Gasteiger partial charge < -0.3 is 19.6 Å². The third kappa shape index (κ3) is 6.15. The first kappa shape index (κ1) is 17.5. The number of furan rings is 1. The van der Waals surface area contributed by atoms with E-state index in [1.165, 1.54) is 0 Å². The van der Waals surface area contributed by atoms with E-state index < -0.39 is 0 Å². The zero-order valence-corrected chi connectivity index (χ0v) is 14.5. The lowest BCUT2D eigenvalue weighted by Gasteiger charge is -2.10. The number of hydrogen-bond acceptors (Lipinski definition) is 5. The van der Waals surface area contributed by atoms with Gasteiger partial charge in [0.15, 0.2) is 11.8 Å². The molecule has 21 heavy (non-hydrogen) atoms. The SMILES string of the molecule is CN=C(NCCCc1nc(C)no1)NCc1ccco1.I. The van der Waals surface area contributed by atoms with Gasteiger partial charge in [-0.1, -0.05) is 5.16 Å². The van der Waals surface area contributed by atoms with Crippen LogP contribution in [0.1, 0.15) is 23.9 Å². The van der Waals surface area contributed by atoms with E-state index in [1.807, 2.05) is 19.1 Å². The molecule has 2 aromatic heterocycles. The summed E-state index contributed by atoms with van der Waals surface area (Å²) in [5.74, 6) is 2.95. The highest BCUT2D eigenvalue weighted by atomic mass is 127. The van der Waals surface area contributed by atoms with E-state index in [1.54, 1.807) is 13.3 Å². The van der Waals surface area contributed by atoms with E-state index in [4.69, 9.17) is 8.94 Å². The van der Waals surface area contributed by atoms with Crippen molar-refractivity contribution in [3.05, 3.63) is 35.9 Å². The molecule has 0 radical (unpaired) electrons. The molecular weight excluding hydrogens is 385 g/mol. The molecule has 8 heteroatoms. The van der Waals surface area contributed by atoms with Crippen LogP contribution in [0.5, 0.6) is 0 Å². The van der Waals surface area contributed by atoms with Crippen LogP contribution in [0, 0.1) is 6.92 Å². The van der Waals surface area contributed by atoms with Crippen molar-refractivity contribution >= 4 is 29.9 Å². The van der Waals surface area contributed by atoms with Gasteiger partial charge in [-0.3, -0.25) is 4.99 Å². The average molecular weight is 405 g/mol. The van der Waals surface area contributed by atoms with Gasteiger partial charge in [0.05, 0.1) is 12.8 Å². The fourth-order valence-electron chi connectivity index (χ4n) is 1.69. The Labute approximate surface area is 140 Å². The number of aryl methyl sites for hydroxylation is 2. The van der Waals surface area contributed by atoms with E-state index >= 15 is 0 Å². The zero-order valence-electron chi connectivity index (χ0n) is 12.1. The lowest BCUT2D eigenvalue weighted by atomic mass is 10.3. The summed E-state index contributed by atoms with van der Waals surface area (Å²) in [7, 11) is 1.73. The molecule has 0 spiro atoms. The van der Waals surface area contributed by atoms with Crippen molar-refractivity contribution in [2.24, 2.45) is 4.99 Å². The van der Waals surface area contributed by atoms with Gasteiger partial charge in [0.2, 0.25) is 5.89 Å². The molecule has 0 aliphatic carbocycles. The summed E-state index contributed by atoms with van der Waals surface area (Å²) in [4.78, 5) is 8.29. The van der Waals surface area contributed by atoms with Crippen molar-refractivity contribution < 1.29 is 8.94 Å². The fourth-order valence-corrected chi connectivity index (χ4v) is 1.69. The zero-order chi connectivity index (χ0) is 14.2. The lowest BCUT2D eigenvalue weighted by Crippen LogP contribution is -2.37. The summed E-state index contributed by atoms with van der Waals surface area (Å²) in [6, 6.07) is 3.78. The van der Waals surface area contributed by atoms with Crippen LogP contribution in [-0.2, 0) is 13.0 Å². The second-order valence-electron chi connectivity index (χ2n) is 4.27. The molecule has 0 unspecified atom stereocenters. The summed E-state index contributed by atoms with van der Waals surface area (Å²) >= 11 is 0. The van der Waals surface area contributed by atoms with Gasteiger partial charge in [0, 0.05) is 20.0 Å². The molecule has 2 N–H and O–H groups in total. The minimum Gasteiger partial charge on any atom is -0.467 e. The Balaban J connectivity index is 0.00000220. The maximum Gasteiger partial charge on any atom is 0.226 e. The molecule has 0 saturated carbocycles. The smallest absolute Gasteiger partial charge is 0.226 e. The van der Waals surface area contributed by atoms with Crippen LogP contribution in [0.3, 0.4) is 0 Å². The number of guanidine groups is 1. The van der Waals surface area contributed by atoms with Crippen LogP contribution < -0.4 is 10.6 Å². The van der Waals surface area contributed by atoms with Gasteiger partial charge in [-0.05, 0) is 25.5 Å². The Morgan fingerprint density at radius 3 is 2.86 bits per heavy atom. The molecule has 0 aromatic carbocycles. The summed E-state index contributed by atoms with van der Waals surface area (Å²) in [5.41, 5.74) is 0. The first-order valence-corrected chi connectivity index (χ1v) is 6.54. The Morgan fingerprint density at radius 1 is 1.38 bits per heavy atom. The molecule has 0 fully saturated rings. The molecule has 0 aliphatic heterocycles. The average Bonchev–Trinajstić information content (AvgIpc) is 3.09. The van der Waals surface area contributed by atoms with Crippen molar-refractivity contribution in [3.8, 4) is 0 Å². The van der Waals surface area contributed by atoms with E-state index in [0.29, 0.717) is 18.3 Å². The lowest BCUT2D eigenvalue weighted by molar-refractivity contribution is 0.372. The first-order valence-electron chi connectivity index (χ1n) is 6.54. The third-order valence-corrected chi connectivity index (χ3v) is 2.66. The monoisotopic (exact) mass is 405 g/mol. The maximum absolute atomic E-state index is 5.24. The molecule has 7 nitrogen and oxygen atoms in total. The first-order chi connectivity index (χ1) is 9.78. The molecule has 0 bridgehead atoms. The molecule has 0 aliphatic rings. The second-order valence-corrected chi connectivity index (χ2v) is 4.27. The molecule has 2 aromatic rings. The number of rotatable bonds is 6. The predicted molar refractivity (Wildman–Crippen MR) is 89.7 cm³/mol. The van der Waals surface area contributed by atoms with Gasteiger partial charge in [-0.25, -0.2) is 0 Å². The molecule has 0 amide bonds. The van der Waals surface area contributed by atoms with Crippen LogP contribution in [0.25, 0.3) is 0 Å². The third-order valence-electron chi connectivity index (χ3n) is 2.66. The van der Waals surface area contributed by atoms with Crippen LogP contribution >= 0.6 is 24.0 Å². The van der Waals surface area contributed by atoms with E-state index in [2.05, 4.69) is 25.8 Å². The molecule has 2 heterocycles. The van der Waals surface area contributed by atoms with Crippen molar-refractivity contribution in [1.82, 2.24) is 20.8 Å². The maximum atomic E-state index is 5.24. The van der Waals surface area contributed by atoms with Crippen LogP contribution in [0.15, 0.2) is 32.3 Å². The number of nitrogens with one attached hydrogen (secondary N) is 2. The normalized spacial score (nSPS) is 11.0. The number of hydrogen-bond donors (Lipinski definition) is 2. The van der Waals surface area contributed by atoms with Crippen molar-refractivity contribution in [2.45, 2.75) is 26.3 Å². The standard InChI is InChI=1S/C13H19N5O2.HI/c1-10-17-12(20-18-10)6-3-7-15-13(14-2)16-9-11-5-4-8-19-11;/h4-5,8H,3,6-7,9H2,1-2H3,(H2,14,15,16);1H. The quantitative estimate of drug-likeness (QED) is 0.330. The minimum atomic E-state index is 0. The Morgan fingerprint density at radius 2 is 2.24 bits per heavy atom. The van der Waals surface area contributed by atoms with Crippen LogP contribution in [-0.4, -0.2) is 29.7 Å². The molecule has 2 rings (SSSR count). The van der Waals surface area contributed by atoms with E-state index in [9.17, 15) is 0 Å². The summed E-state index contributed by atoms with van der Waals surface area (Å²) < 4.78 is 10.3. The molecule has 0 atom stereocenters. The molecular formula is C13H20IN5O2. The van der Waals surface area contributed by atoms with Gasteiger partial charge in [-0.15, -0.1) is 24.0 Å². The highest BCUT2D eigenvalue weighted by molar-refractivity contribution is 14.0. The second kappa shape index (κ2) is 9.37. The van der Waals surface area contributed by atoms with Gasteiger partial charge in [0.25, 0.3) is 0 Å². The van der Waals surface area contributed by atoms with Crippen LogP contribution in [0.4, 0.5) is 0 Å². The Hall–Kier alpha value is -1.58. The van der Waals surface area contributed by atoms with Crippen LogP contribution in [0.2, 0.25) is 0 Å². The van der Waals surface area contributed by atoms with Gasteiger partial charge in [0.1, 0.15) is 5.76 Å².